The molecule has 3 rings (SSSR count). The molecule has 0 aliphatic carbocycles. The van der Waals surface area contributed by atoms with Crippen molar-refractivity contribution in [2.75, 3.05) is 0 Å². The molecule has 1 aliphatic rings. The highest BCUT2D eigenvalue weighted by Gasteiger charge is 2.36. The minimum absolute atomic E-state index is 0.254. The van der Waals surface area contributed by atoms with Gasteiger partial charge in [0.1, 0.15) is 0 Å². The van der Waals surface area contributed by atoms with Crippen LogP contribution in [0, 0.1) is 0 Å². The van der Waals surface area contributed by atoms with Crippen LogP contribution in [0.4, 0.5) is 0 Å². The molecule has 0 bridgehead atoms. The largest absolute Gasteiger partial charge is 0.548 e. The van der Waals surface area contributed by atoms with Crippen LogP contribution in [0.5, 0.6) is 0 Å². The van der Waals surface area contributed by atoms with E-state index in [0.29, 0.717) is 0 Å². The summed E-state index contributed by atoms with van der Waals surface area (Å²) in [6, 6.07) is 6.56. The van der Waals surface area contributed by atoms with Gasteiger partial charge in [-0.15, -0.1) is 0 Å². The first-order valence-electron chi connectivity index (χ1n) is 6.60. The van der Waals surface area contributed by atoms with Crippen LogP contribution < -0.4 is 5.11 Å². The molecule has 0 radical (unpaired) electrons. The molecular weight excluding hydrogens is 256 g/mol. The Bertz CT molecular complexity index is 704. The van der Waals surface area contributed by atoms with E-state index in [9.17, 15) is 14.7 Å². The zero-order valence-corrected chi connectivity index (χ0v) is 11.3. The SMILES string of the molecule is CC(=O)N1[C@@H](C(=O)[O-])Cc2c([nH]c3ccccc23)[C@H]1C. The molecule has 20 heavy (non-hydrogen) atoms. The molecule has 104 valence electrons. The lowest BCUT2D eigenvalue weighted by Crippen LogP contribution is -2.54. The predicted molar refractivity (Wildman–Crippen MR) is 71.7 cm³/mol. The summed E-state index contributed by atoms with van der Waals surface area (Å²) in [6.45, 7) is 3.23. The van der Waals surface area contributed by atoms with Gasteiger partial charge in [-0.1, -0.05) is 18.2 Å². The second-order valence-electron chi connectivity index (χ2n) is 5.20. The smallest absolute Gasteiger partial charge is 0.220 e. The third-order valence-electron chi connectivity index (χ3n) is 4.05. The van der Waals surface area contributed by atoms with Gasteiger partial charge in [-0.2, -0.15) is 0 Å². The Morgan fingerprint density at radius 1 is 1.35 bits per heavy atom. The number of carboxylic acids is 1. The first kappa shape index (κ1) is 12.7. The fourth-order valence-corrected chi connectivity index (χ4v) is 3.19. The molecule has 1 aliphatic heterocycles. The summed E-state index contributed by atoms with van der Waals surface area (Å²) >= 11 is 0. The van der Waals surface area contributed by atoms with E-state index in [-0.39, 0.29) is 18.4 Å². The molecule has 1 amide bonds. The van der Waals surface area contributed by atoms with Crippen LogP contribution in [0.3, 0.4) is 0 Å². The third-order valence-corrected chi connectivity index (χ3v) is 4.05. The Labute approximate surface area is 116 Å². The van der Waals surface area contributed by atoms with E-state index in [4.69, 9.17) is 0 Å². The van der Waals surface area contributed by atoms with Gasteiger partial charge < -0.3 is 19.8 Å². The minimum atomic E-state index is -1.21. The van der Waals surface area contributed by atoms with Gasteiger partial charge in [0.05, 0.1) is 18.1 Å². The van der Waals surface area contributed by atoms with Crippen LogP contribution in [0.15, 0.2) is 24.3 Å². The number of nitrogens with one attached hydrogen (secondary N) is 1. The molecule has 1 aromatic carbocycles. The van der Waals surface area contributed by atoms with E-state index < -0.39 is 12.0 Å². The number of carbonyl (C=O) groups is 2. The van der Waals surface area contributed by atoms with Crippen LogP contribution in [0.25, 0.3) is 10.9 Å². The van der Waals surface area contributed by atoms with Crippen molar-refractivity contribution in [1.29, 1.82) is 0 Å². The molecule has 0 spiro atoms. The fraction of sp³-hybridized carbons (Fsp3) is 0.333. The van der Waals surface area contributed by atoms with E-state index in [2.05, 4.69) is 4.98 Å². The molecule has 5 nitrogen and oxygen atoms in total. The van der Waals surface area contributed by atoms with Crippen molar-refractivity contribution in [3.63, 3.8) is 0 Å². The predicted octanol–water partition coefficient (Wildman–Crippen LogP) is 0.752. The van der Waals surface area contributed by atoms with Crippen LogP contribution in [-0.2, 0) is 16.0 Å². The first-order valence-corrected chi connectivity index (χ1v) is 6.60. The number of aromatic amines is 1. The van der Waals surface area contributed by atoms with Gasteiger partial charge in [0.2, 0.25) is 5.91 Å². The third kappa shape index (κ3) is 1.70. The average Bonchev–Trinajstić information content (AvgIpc) is 2.77. The molecule has 0 saturated heterocycles. The Morgan fingerprint density at radius 2 is 2.05 bits per heavy atom. The lowest BCUT2D eigenvalue weighted by Gasteiger charge is -2.40. The highest BCUT2D eigenvalue weighted by Crippen LogP contribution is 2.36. The van der Waals surface area contributed by atoms with E-state index in [0.717, 1.165) is 22.2 Å². The lowest BCUT2D eigenvalue weighted by molar-refractivity contribution is -0.312. The number of aliphatic carboxylic acids is 1. The van der Waals surface area contributed by atoms with E-state index in [1.165, 1.54) is 11.8 Å². The van der Waals surface area contributed by atoms with E-state index in [1.807, 2.05) is 31.2 Å². The summed E-state index contributed by atoms with van der Waals surface area (Å²) in [4.78, 5) is 27.8. The minimum Gasteiger partial charge on any atom is -0.548 e. The van der Waals surface area contributed by atoms with Crippen molar-refractivity contribution in [2.24, 2.45) is 0 Å². The Kier molecular flexibility index (Phi) is 2.78. The molecule has 2 aromatic rings. The molecule has 1 aromatic heterocycles. The number of rotatable bonds is 1. The second-order valence-corrected chi connectivity index (χ2v) is 5.20. The van der Waals surface area contributed by atoms with Gasteiger partial charge in [0.15, 0.2) is 0 Å². The number of benzene rings is 1. The van der Waals surface area contributed by atoms with Gasteiger partial charge >= 0.3 is 0 Å². The topological polar surface area (TPSA) is 76.2 Å². The summed E-state index contributed by atoms with van der Waals surface area (Å²) < 4.78 is 0. The maximum Gasteiger partial charge on any atom is 0.220 e. The maximum atomic E-state index is 11.8. The average molecular weight is 271 g/mol. The van der Waals surface area contributed by atoms with Crippen LogP contribution in [-0.4, -0.2) is 27.8 Å². The monoisotopic (exact) mass is 271 g/mol. The molecule has 0 saturated carbocycles. The Morgan fingerprint density at radius 3 is 2.70 bits per heavy atom. The molecule has 1 N–H and O–H groups in total. The number of nitrogens with zero attached hydrogens (tertiary/aromatic N) is 1. The number of para-hydroxylation sites is 1. The van der Waals surface area contributed by atoms with Crippen molar-refractivity contribution >= 4 is 22.8 Å². The summed E-state index contributed by atoms with van der Waals surface area (Å²) in [7, 11) is 0. The molecule has 0 unspecified atom stereocenters. The second kappa shape index (κ2) is 4.37. The van der Waals surface area contributed by atoms with Crippen LogP contribution >= 0.6 is 0 Å². The summed E-state index contributed by atoms with van der Waals surface area (Å²) in [5.41, 5.74) is 2.85. The first-order chi connectivity index (χ1) is 9.50. The van der Waals surface area contributed by atoms with Crippen LogP contribution in [0.1, 0.15) is 31.1 Å². The van der Waals surface area contributed by atoms with Crippen molar-refractivity contribution < 1.29 is 14.7 Å². The van der Waals surface area contributed by atoms with E-state index >= 15 is 0 Å². The van der Waals surface area contributed by atoms with Crippen LogP contribution in [0.2, 0.25) is 0 Å². The van der Waals surface area contributed by atoms with E-state index in [1.54, 1.807) is 0 Å². The molecular formula is C15H15N2O3-. The number of hydrogen-bond donors (Lipinski definition) is 1. The maximum absolute atomic E-state index is 11.8. The molecule has 2 atom stereocenters. The van der Waals surface area contributed by atoms with Gasteiger partial charge in [0.25, 0.3) is 0 Å². The van der Waals surface area contributed by atoms with Gasteiger partial charge in [0, 0.05) is 29.9 Å². The zero-order chi connectivity index (χ0) is 14.4. The number of carboxylic acid groups (broad SMARTS) is 1. The lowest BCUT2D eigenvalue weighted by atomic mass is 9.92. The summed E-state index contributed by atoms with van der Waals surface area (Å²) in [5, 5.41) is 12.4. The number of hydrogen-bond acceptors (Lipinski definition) is 3. The standard InChI is InChI=1S/C15H16N2O3/c1-8-14-11(10-5-3-4-6-12(10)16-14)7-13(15(19)20)17(8)9(2)18/h3-6,8,13,16H,7H2,1-2H3,(H,19,20)/p-1/t8-,13-/m1/s1. The Balaban J connectivity index is 2.20. The molecule has 2 heterocycles. The van der Waals surface area contributed by atoms with Crippen molar-refractivity contribution in [1.82, 2.24) is 9.88 Å². The number of carbonyl (C=O) groups excluding carboxylic acids is 2. The van der Waals surface area contributed by atoms with Gasteiger partial charge in [-0.3, -0.25) is 4.79 Å². The number of H-pyrrole nitrogens is 1. The van der Waals surface area contributed by atoms with Crippen molar-refractivity contribution in [2.45, 2.75) is 32.4 Å². The normalized spacial score (nSPS) is 21.8. The van der Waals surface area contributed by atoms with Gasteiger partial charge in [-0.05, 0) is 18.6 Å². The molecule has 5 heteroatoms. The van der Waals surface area contributed by atoms with Crippen molar-refractivity contribution in [3.05, 3.63) is 35.5 Å². The molecule has 0 fully saturated rings. The fourth-order valence-electron chi connectivity index (χ4n) is 3.19. The Hall–Kier alpha value is -2.30. The highest BCUT2D eigenvalue weighted by molar-refractivity contribution is 5.89. The highest BCUT2D eigenvalue weighted by atomic mass is 16.4. The summed E-state index contributed by atoms with van der Waals surface area (Å²) in [5.74, 6) is -1.46. The summed E-state index contributed by atoms with van der Waals surface area (Å²) in [6.07, 6.45) is 0.283. The number of aromatic nitrogens is 1. The number of amides is 1. The quantitative estimate of drug-likeness (QED) is 0.831. The number of fused-ring (bicyclic) bond motifs is 3. The van der Waals surface area contributed by atoms with Crippen molar-refractivity contribution in [3.8, 4) is 0 Å². The zero-order valence-electron chi connectivity index (χ0n) is 11.3. The van der Waals surface area contributed by atoms with Gasteiger partial charge in [-0.25, -0.2) is 0 Å².